The lowest BCUT2D eigenvalue weighted by Gasteiger charge is -2.21. The summed E-state index contributed by atoms with van der Waals surface area (Å²) in [5.41, 5.74) is 13.3. The lowest BCUT2D eigenvalue weighted by atomic mass is 9.87. The second-order valence-electron chi connectivity index (χ2n) is 10.4. The molecule has 0 aliphatic carbocycles. The van der Waals surface area contributed by atoms with E-state index in [0.29, 0.717) is 24.8 Å². The summed E-state index contributed by atoms with van der Waals surface area (Å²) in [6.07, 6.45) is 2.45. The number of benzene rings is 2. The van der Waals surface area contributed by atoms with E-state index in [9.17, 15) is 4.39 Å². The number of halogens is 2. The third kappa shape index (κ3) is 6.57. The van der Waals surface area contributed by atoms with Gasteiger partial charge in [0.1, 0.15) is 0 Å². The van der Waals surface area contributed by atoms with Gasteiger partial charge in [0.2, 0.25) is 0 Å². The molecule has 2 aromatic carbocycles. The number of aromatic nitrogens is 1. The normalized spacial score (nSPS) is 13.4. The van der Waals surface area contributed by atoms with Crippen molar-refractivity contribution in [1.82, 2.24) is 10.3 Å². The van der Waals surface area contributed by atoms with Gasteiger partial charge in [-0.15, -0.1) is 0 Å². The van der Waals surface area contributed by atoms with Crippen molar-refractivity contribution in [2.24, 2.45) is 16.1 Å². The van der Waals surface area contributed by atoms with Crippen molar-refractivity contribution in [3.63, 3.8) is 0 Å². The summed E-state index contributed by atoms with van der Waals surface area (Å²) in [5, 5.41) is 4.18. The van der Waals surface area contributed by atoms with E-state index in [4.69, 9.17) is 5.73 Å². The Hall–Kier alpha value is -2.99. The number of H-pyrrole nitrogens is 1. The summed E-state index contributed by atoms with van der Waals surface area (Å²) >= 11 is 0. The van der Waals surface area contributed by atoms with E-state index in [1.165, 1.54) is 6.07 Å². The molecule has 0 bridgehead atoms. The first-order valence-electron chi connectivity index (χ1n) is 12.2. The van der Waals surface area contributed by atoms with Crippen LogP contribution in [0, 0.1) is 17.0 Å². The third-order valence-corrected chi connectivity index (χ3v) is 6.28. The molecule has 3 rings (SSSR count). The van der Waals surface area contributed by atoms with Crippen LogP contribution in [-0.2, 0) is 13.0 Å². The molecule has 4 nitrogen and oxygen atoms in total. The Balaban J connectivity index is 1.91. The highest BCUT2D eigenvalue weighted by Gasteiger charge is 2.18. The van der Waals surface area contributed by atoms with E-state index >= 15 is 4.39 Å². The fraction of sp³-hybridized carbons (Fsp3) is 0.414. The maximum atomic E-state index is 15.0. The zero-order chi connectivity index (χ0) is 25.8. The molecule has 0 spiro atoms. The molecule has 0 aliphatic rings. The van der Waals surface area contributed by atoms with Gasteiger partial charge in [-0.2, -0.15) is 0 Å². The number of nitrogens with zero attached hydrogens (tertiary/aromatic N) is 1. The predicted octanol–water partition coefficient (Wildman–Crippen LogP) is 6.89. The van der Waals surface area contributed by atoms with Crippen LogP contribution in [0.4, 0.5) is 8.78 Å². The van der Waals surface area contributed by atoms with Gasteiger partial charge in [0.05, 0.1) is 0 Å². The van der Waals surface area contributed by atoms with Crippen LogP contribution in [0.3, 0.4) is 0 Å². The molecular weight excluding hydrogens is 442 g/mol. The Bertz CT molecular complexity index is 1250. The van der Waals surface area contributed by atoms with Crippen LogP contribution in [0.5, 0.6) is 0 Å². The fourth-order valence-electron chi connectivity index (χ4n) is 4.58. The topological polar surface area (TPSA) is 66.2 Å². The molecule has 1 heterocycles. The zero-order valence-electron chi connectivity index (χ0n) is 21.8. The van der Waals surface area contributed by atoms with E-state index in [1.54, 1.807) is 13.1 Å². The highest BCUT2D eigenvalue weighted by molar-refractivity contribution is 5.98. The van der Waals surface area contributed by atoms with E-state index < -0.39 is 11.6 Å². The van der Waals surface area contributed by atoms with Crippen LogP contribution < -0.4 is 11.1 Å². The number of rotatable bonds is 9. The Morgan fingerprint density at radius 2 is 1.86 bits per heavy atom. The smallest absolute Gasteiger partial charge is 0.162 e. The second kappa shape index (κ2) is 11.2. The van der Waals surface area contributed by atoms with Gasteiger partial charge in [-0.25, -0.2) is 8.78 Å². The average molecular weight is 481 g/mol. The van der Waals surface area contributed by atoms with Crippen molar-refractivity contribution in [2.45, 2.75) is 59.9 Å². The maximum Gasteiger partial charge on any atom is 0.162 e. The summed E-state index contributed by atoms with van der Waals surface area (Å²) in [6.45, 7) is 9.12. The molecule has 0 saturated carbocycles. The van der Waals surface area contributed by atoms with Gasteiger partial charge in [0, 0.05) is 41.6 Å². The molecule has 4 N–H and O–H groups in total. The number of aromatic amines is 1. The number of aliphatic imine (C=N–C) groups is 1. The van der Waals surface area contributed by atoms with Gasteiger partial charge < -0.3 is 16.0 Å². The molecule has 0 atom stereocenters. The van der Waals surface area contributed by atoms with Crippen LogP contribution in [0.15, 0.2) is 52.7 Å². The maximum absolute atomic E-state index is 15.0. The second-order valence-corrected chi connectivity index (χ2v) is 10.4. The van der Waals surface area contributed by atoms with E-state index in [1.807, 2.05) is 32.2 Å². The lowest BCUT2D eigenvalue weighted by molar-refractivity contribution is 0.406. The number of allylic oxidation sites excluding steroid dienone is 2. The first-order valence-corrected chi connectivity index (χ1v) is 12.2. The molecule has 0 unspecified atom stereocenters. The Morgan fingerprint density at radius 3 is 2.51 bits per heavy atom. The fourth-order valence-corrected chi connectivity index (χ4v) is 4.58. The number of hydrogen-bond donors (Lipinski definition) is 3. The van der Waals surface area contributed by atoms with Gasteiger partial charge in [-0.1, -0.05) is 32.9 Å². The van der Waals surface area contributed by atoms with Gasteiger partial charge in [0.15, 0.2) is 11.6 Å². The Kier molecular flexibility index (Phi) is 8.49. The highest BCUT2D eigenvalue weighted by atomic mass is 19.2. The molecular formula is C29H38F2N4. The van der Waals surface area contributed by atoms with Gasteiger partial charge >= 0.3 is 0 Å². The number of hydrogen-bond acceptors (Lipinski definition) is 3. The van der Waals surface area contributed by atoms with Crippen LogP contribution in [0.2, 0.25) is 0 Å². The number of nitrogens with one attached hydrogen (secondary N) is 2. The largest absolute Gasteiger partial charge is 0.402 e. The van der Waals surface area contributed by atoms with Crippen LogP contribution in [0.1, 0.15) is 58.2 Å². The van der Waals surface area contributed by atoms with E-state index in [-0.39, 0.29) is 5.41 Å². The molecule has 188 valence electrons. The van der Waals surface area contributed by atoms with Crippen molar-refractivity contribution in [1.29, 1.82) is 0 Å². The van der Waals surface area contributed by atoms with Crippen LogP contribution in [-0.4, -0.2) is 24.8 Å². The van der Waals surface area contributed by atoms with Gasteiger partial charge in [0.25, 0.3) is 0 Å². The zero-order valence-corrected chi connectivity index (χ0v) is 21.8. The molecule has 0 radical (unpaired) electrons. The van der Waals surface area contributed by atoms with Gasteiger partial charge in [-0.3, -0.25) is 4.99 Å². The van der Waals surface area contributed by atoms with E-state index in [0.717, 1.165) is 57.7 Å². The quantitative estimate of drug-likeness (QED) is 0.292. The minimum Gasteiger partial charge on any atom is -0.402 e. The molecule has 0 aliphatic heterocycles. The Labute approximate surface area is 207 Å². The van der Waals surface area contributed by atoms with Crippen molar-refractivity contribution in [3.8, 4) is 11.1 Å². The highest BCUT2D eigenvalue weighted by Crippen LogP contribution is 2.32. The first kappa shape index (κ1) is 26.6. The summed E-state index contributed by atoms with van der Waals surface area (Å²) < 4.78 is 29.3. The molecule has 35 heavy (non-hydrogen) atoms. The van der Waals surface area contributed by atoms with Crippen LogP contribution in [0.25, 0.3) is 22.0 Å². The van der Waals surface area contributed by atoms with E-state index in [2.05, 4.69) is 42.1 Å². The molecule has 0 fully saturated rings. The number of fused-ring (bicyclic) bond motifs is 1. The minimum atomic E-state index is -0.822. The van der Waals surface area contributed by atoms with Crippen molar-refractivity contribution in [3.05, 3.63) is 70.6 Å². The average Bonchev–Trinajstić information content (AvgIpc) is 3.19. The summed E-state index contributed by atoms with van der Waals surface area (Å²) in [5.74, 6) is -1.60. The predicted molar refractivity (Wildman–Crippen MR) is 144 cm³/mol. The summed E-state index contributed by atoms with van der Waals surface area (Å²) in [7, 11) is 3.65. The lowest BCUT2D eigenvalue weighted by Crippen LogP contribution is -2.16. The number of nitrogens with two attached hydrogens (primary N) is 1. The summed E-state index contributed by atoms with van der Waals surface area (Å²) in [6, 6.07) is 10.9. The summed E-state index contributed by atoms with van der Waals surface area (Å²) in [4.78, 5) is 7.72. The van der Waals surface area contributed by atoms with Crippen LogP contribution >= 0.6 is 0 Å². The Morgan fingerprint density at radius 1 is 1.11 bits per heavy atom. The standard InChI is InChI=1S/C29H38F2N4/c1-18(34-6)22(26(32)16-29(2,3)4)8-7-9-24-23(11-12-25(30)28(24)31)19-10-13-27-20(14-19)15-21(35-27)17-33-5/h10-15,33,35H,7-9,16-17,32H2,1-6H3/b26-22-,34-18?. The molecule has 0 amide bonds. The van der Waals surface area contributed by atoms with Gasteiger partial charge in [-0.05, 0) is 91.6 Å². The monoisotopic (exact) mass is 480 g/mol. The molecule has 1 aromatic heterocycles. The molecule has 6 heteroatoms. The van der Waals surface area contributed by atoms with Crippen molar-refractivity contribution >= 4 is 16.6 Å². The minimum absolute atomic E-state index is 0.0507. The SMILES string of the molecule is CN=C(C)/C(CCCc1c(-c2ccc3[nH]c(CNC)cc3c2)ccc(F)c1F)=C(\N)CC(C)(C)C. The van der Waals surface area contributed by atoms with Crippen molar-refractivity contribution in [2.75, 3.05) is 14.1 Å². The van der Waals surface area contributed by atoms with Crippen molar-refractivity contribution < 1.29 is 8.78 Å². The third-order valence-electron chi connectivity index (χ3n) is 6.28. The molecule has 3 aromatic rings. The molecule has 0 saturated heterocycles. The first-order chi connectivity index (χ1) is 16.5.